The number of aromatic nitrogens is 2. The summed E-state index contributed by atoms with van der Waals surface area (Å²) in [6.07, 6.45) is 1.96. The molecule has 2 aromatic carbocycles. The van der Waals surface area contributed by atoms with E-state index in [0.29, 0.717) is 20.8 Å². The first-order chi connectivity index (χ1) is 14.6. The molecule has 2 amide bonds. The number of amides is 2. The monoisotopic (exact) mass is 440 g/mol. The minimum atomic E-state index is -0.289. The van der Waals surface area contributed by atoms with Gasteiger partial charge in [-0.2, -0.15) is 0 Å². The van der Waals surface area contributed by atoms with Crippen molar-refractivity contribution in [2.75, 3.05) is 29.6 Å². The van der Waals surface area contributed by atoms with E-state index in [9.17, 15) is 9.59 Å². The van der Waals surface area contributed by atoms with Gasteiger partial charge in [0.15, 0.2) is 4.34 Å². The van der Waals surface area contributed by atoms with Gasteiger partial charge in [0, 0.05) is 17.8 Å². The van der Waals surface area contributed by atoms with Crippen LogP contribution in [0.15, 0.2) is 52.9 Å². The van der Waals surface area contributed by atoms with Crippen LogP contribution in [0.3, 0.4) is 0 Å². The molecule has 4 rings (SSSR count). The molecule has 0 radical (unpaired) electrons. The molecule has 7 nitrogen and oxygen atoms in total. The fourth-order valence-corrected chi connectivity index (χ4v) is 4.87. The largest absolute Gasteiger partial charge is 0.497 e. The first-order valence-electron chi connectivity index (χ1n) is 9.44. The summed E-state index contributed by atoms with van der Waals surface area (Å²) in [6.45, 7) is 0.731. The summed E-state index contributed by atoms with van der Waals surface area (Å²) < 4.78 is 5.77. The van der Waals surface area contributed by atoms with Crippen LogP contribution in [0.5, 0.6) is 5.75 Å². The van der Waals surface area contributed by atoms with Gasteiger partial charge in [-0.1, -0.05) is 47.4 Å². The van der Waals surface area contributed by atoms with Crippen LogP contribution in [0.2, 0.25) is 0 Å². The number of nitrogens with zero attached hydrogens (tertiary/aromatic N) is 3. The SMILES string of the molecule is COc1cccc(C(=O)Nc2nnc(SCC(=O)N3CCCc4ccccc43)s2)c1. The van der Waals surface area contributed by atoms with E-state index in [1.54, 1.807) is 31.4 Å². The number of benzene rings is 2. The number of carbonyl (C=O) groups excluding carboxylic acids is 2. The summed E-state index contributed by atoms with van der Waals surface area (Å²) in [5.41, 5.74) is 2.68. The lowest BCUT2D eigenvalue weighted by Crippen LogP contribution is -2.36. The first kappa shape index (κ1) is 20.4. The Balaban J connectivity index is 1.35. The maximum absolute atomic E-state index is 12.7. The predicted molar refractivity (Wildman–Crippen MR) is 119 cm³/mol. The van der Waals surface area contributed by atoms with E-state index in [1.165, 1.54) is 28.7 Å². The van der Waals surface area contributed by atoms with Gasteiger partial charge in [0.25, 0.3) is 5.91 Å². The molecule has 1 aromatic heterocycles. The average molecular weight is 441 g/mol. The molecular weight excluding hydrogens is 420 g/mol. The van der Waals surface area contributed by atoms with Crippen molar-refractivity contribution in [3.8, 4) is 5.75 Å². The molecule has 0 aliphatic carbocycles. The van der Waals surface area contributed by atoms with Crippen molar-refractivity contribution < 1.29 is 14.3 Å². The van der Waals surface area contributed by atoms with Crippen LogP contribution in [0.1, 0.15) is 22.3 Å². The Morgan fingerprint density at radius 3 is 2.93 bits per heavy atom. The second kappa shape index (κ2) is 9.27. The number of hydrogen-bond donors (Lipinski definition) is 1. The third kappa shape index (κ3) is 4.63. The van der Waals surface area contributed by atoms with Gasteiger partial charge >= 0.3 is 0 Å². The number of rotatable bonds is 6. The highest BCUT2D eigenvalue weighted by atomic mass is 32.2. The van der Waals surface area contributed by atoms with E-state index in [4.69, 9.17) is 4.74 Å². The van der Waals surface area contributed by atoms with E-state index in [0.717, 1.165) is 25.1 Å². The number of nitrogens with one attached hydrogen (secondary N) is 1. The Hall–Kier alpha value is -2.91. The molecular formula is C21H20N4O3S2. The number of methoxy groups -OCH3 is 1. The van der Waals surface area contributed by atoms with Gasteiger partial charge in [0.1, 0.15) is 5.75 Å². The Labute approximate surface area is 182 Å². The molecule has 2 heterocycles. The number of anilines is 2. The number of carbonyl (C=O) groups is 2. The molecule has 1 aliphatic rings. The molecule has 30 heavy (non-hydrogen) atoms. The van der Waals surface area contributed by atoms with Gasteiger partial charge in [-0.05, 0) is 42.7 Å². The first-order valence-corrected chi connectivity index (χ1v) is 11.2. The Kier molecular flexibility index (Phi) is 6.29. The van der Waals surface area contributed by atoms with Gasteiger partial charge < -0.3 is 9.64 Å². The highest BCUT2D eigenvalue weighted by Crippen LogP contribution is 2.30. The van der Waals surface area contributed by atoms with Gasteiger partial charge in [-0.3, -0.25) is 14.9 Å². The molecule has 1 N–H and O–H groups in total. The molecule has 3 aromatic rings. The van der Waals surface area contributed by atoms with Crippen molar-refractivity contribution in [2.45, 2.75) is 17.2 Å². The molecule has 0 unspecified atom stereocenters. The molecule has 9 heteroatoms. The minimum absolute atomic E-state index is 0.0457. The summed E-state index contributed by atoms with van der Waals surface area (Å²) in [5.74, 6) is 0.633. The fraction of sp³-hybridized carbons (Fsp3) is 0.238. The van der Waals surface area contributed by atoms with Crippen LogP contribution in [-0.2, 0) is 11.2 Å². The van der Waals surface area contributed by atoms with Crippen molar-refractivity contribution >= 4 is 45.7 Å². The highest BCUT2D eigenvalue weighted by molar-refractivity contribution is 8.01. The summed E-state index contributed by atoms with van der Waals surface area (Å²) >= 11 is 2.58. The maximum Gasteiger partial charge on any atom is 0.257 e. The van der Waals surface area contributed by atoms with Gasteiger partial charge in [-0.25, -0.2) is 0 Å². The topological polar surface area (TPSA) is 84.4 Å². The number of thioether (sulfide) groups is 1. The third-order valence-electron chi connectivity index (χ3n) is 4.69. The van der Waals surface area contributed by atoms with Gasteiger partial charge in [-0.15, -0.1) is 10.2 Å². The maximum atomic E-state index is 12.7. The van der Waals surface area contributed by atoms with E-state index < -0.39 is 0 Å². The number of hydrogen-bond acceptors (Lipinski definition) is 7. The highest BCUT2D eigenvalue weighted by Gasteiger charge is 2.22. The average Bonchev–Trinajstić information content (AvgIpc) is 3.24. The van der Waals surface area contributed by atoms with Crippen molar-refractivity contribution in [1.29, 1.82) is 0 Å². The standard InChI is InChI=1S/C21H20N4O3S2/c1-28-16-9-4-7-15(12-16)19(27)22-20-23-24-21(30-20)29-13-18(26)25-11-5-8-14-6-2-3-10-17(14)25/h2-4,6-7,9-10,12H,5,8,11,13H2,1H3,(H,22,23,27). The molecule has 0 spiro atoms. The smallest absolute Gasteiger partial charge is 0.257 e. The van der Waals surface area contributed by atoms with Crippen LogP contribution in [0, 0.1) is 0 Å². The predicted octanol–water partition coefficient (Wildman–Crippen LogP) is 3.87. The molecule has 0 saturated heterocycles. The minimum Gasteiger partial charge on any atom is -0.497 e. The van der Waals surface area contributed by atoms with Crippen LogP contribution in [0.4, 0.5) is 10.8 Å². The third-order valence-corrected chi connectivity index (χ3v) is 6.65. The van der Waals surface area contributed by atoms with Gasteiger partial charge in [0.2, 0.25) is 11.0 Å². The van der Waals surface area contributed by atoms with Crippen molar-refractivity contribution in [1.82, 2.24) is 10.2 Å². The Morgan fingerprint density at radius 1 is 1.20 bits per heavy atom. The number of aryl methyl sites for hydroxylation is 1. The summed E-state index contributed by atoms with van der Waals surface area (Å²) in [4.78, 5) is 27.0. The number of para-hydroxylation sites is 1. The van der Waals surface area contributed by atoms with Crippen LogP contribution < -0.4 is 15.0 Å². The summed E-state index contributed by atoms with van der Waals surface area (Å²) in [7, 11) is 1.55. The fourth-order valence-electron chi connectivity index (χ4n) is 3.25. The van der Waals surface area contributed by atoms with Crippen LogP contribution >= 0.6 is 23.1 Å². The van der Waals surface area contributed by atoms with E-state index in [2.05, 4.69) is 21.6 Å². The second-order valence-corrected chi connectivity index (χ2v) is 8.83. The zero-order chi connectivity index (χ0) is 20.9. The molecule has 0 saturated carbocycles. The zero-order valence-corrected chi connectivity index (χ0v) is 18.0. The lowest BCUT2D eigenvalue weighted by Gasteiger charge is -2.29. The van der Waals surface area contributed by atoms with Crippen molar-refractivity contribution in [3.63, 3.8) is 0 Å². The quantitative estimate of drug-likeness (QED) is 0.463. The van der Waals surface area contributed by atoms with E-state index in [1.807, 2.05) is 23.1 Å². The van der Waals surface area contributed by atoms with E-state index in [-0.39, 0.29) is 17.6 Å². The number of ether oxygens (including phenoxy) is 1. The molecule has 1 aliphatic heterocycles. The molecule has 0 atom stereocenters. The lowest BCUT2D eigenvalue weighted by atomic mass is 10.0. The lowest BCUT2D eigenvalue weighted by molar-refractivity contribution is -0.116. The number of fused-ring (bicyclic) bond motifs is 1. The van der Waals surface area contributed by atoms with Gasteiger partial charge in [0.05, 0.1) is 12.9 Å². The molecule has 0 bridgehead atoms. The molecule has 0 fully saturated rings. The molecule has 154 valence electrons. The van der Waals surface area contributed by atoms with E-state index >= 15 is 0 Å². The van der Waals surface area contributed by atoms with Crippen molar-refractivity contribution in [2.24, 2.45) is 0 Å². The second-order valence-electron chi connectivity index (χ2n) is 6.63. The van der Waals surface area contributed by atoms with Crippen LogP contribution in [-0.4, -0.2) is 41.4 Å². The normalized spacial score (nSPS) is 12.9. The summed E-state index contributed by atoms with van der Waals surface area (Å²) in [5, 5.41) is 11.2. The summed E-state index contributed by atoms with van der Waals surface area (Å²) in [6, 6.07) is 14.9. The zero-order valence-electron chi connectivity index (χ0n) is 16.3. The Bertz CT molecular complexity index is 1070. The van der Waals surface area contributed by atoms with Crippen molar-refractivity contribution in [3.05, 3.63) is 59.7 Å². The Morgan fingerprint density at radius 2 is 2.07 bits per heavy atom. The van der Waals surface area contributed by atoms with Crippen LogP contribution in [0.25, 0.3) is 0 Å².